The lowest BCUT2D eigenvalue weighted by Gasteiger charge is -2.14. The second kappa shape index (κ2) is 12.4. The van der Waals surface area contributed by atoms with Crippen molar-refractivity contribution in [1.82, 2.24) is 5.16 Å². The molecule has 1 N–H and O–H groups in total. The normalized spacial score (nSPS) is 12.5. The lowest BCUT2D eigenvalue weighted by Crippen LogP contribution is -2.26. The van der Waals surface area contributed by atoms with Crippen LogP contribution in [0.2, 0.25) is 5.02 Å². The Morgan fingerprint density at radius 1 is 0.974 bits per heavy atom. The van der Waals surface area contributed by atoms with Crippen LogP contribution in [-0.2, 0) is 27.3 Å². The summed E-state index contributed by atoms with van der Waals surface area (Å²) in [6, 6.07) is 23.3. The van der Waals surface area contributed by atoms with E-state index in [0.717, 1.165) is 16.7 Å². The van der Waals surface area contributed by atoms with Gasteiger partial charge in [0.05, 0.1) is 6.61 Å². The van der Waals surface area contributed by atoms with Gasteiger partial charge in [0.15, 0.2) is 6.10 Å². The maximum Gasteiger partial charge on any atom is 0.514 e. The number of hydrogen-bond donors (Lipinski definition) is 1. The summed E-state index contributed by atoms with van der Waals surface area (Å²) < 4.78 is 21.9. The van der Waals surface area contributed by atoms with E-state index in [1.807, 2.05) is 30.3 Å². The van der Waals surface area contributed by atoms with Crippen LogP contribution in [-0.4, -0.2) is 28.5 Å². The third-order valence-electron chi connectivity index (χ3n) is 5.81. The summed E-state index contributed by atoms with van der Waals surface area (Å²) in [6.45, 7) is 3.50. The van der Waals surface area contributed by atoms with Gasteiger partial charge in [-0.3, -0.25) is 0 Å². The molecule has 1 heterocycles. The molecule has 0 spiro atoms. The fourth-order valence-corrected chi connectivity index (χ4v) is 3.84. The number of carboxylic acid groups (broad SMARTS) is 1. The first-order valence-corrected chi connectivity index (χ1v) is 12.3. The molecule has 4 aromatic rings. The van der Waals surface area contributed by atoms with E-state index in [4.69, 9.17) is 30.3 Å². The first kappa shape index (κ1) is 26.9. The van der Waals surface area contributed by atoms with Crippen LogP contribution in [0.4, 0.5) is 4.79 Å². The van der Waals surface area contributed by atoms with E-state index in [1.165, 1.54) is 0 Å². The van der Waals surface area contributed by atoms with Gasteiger partial charge >= 0.3 is 12.1 Å². The highest BCUT2D eigenvalue weighted by Crippen LogP contribution is 2.34. The molecule has 3 aromatic carbocycles. The largest absolute Gasteiger partial charge is 0.514 e. The van der Waals surface area contributed by atoms with Crippen LogP contribution < -0.4 is 4.74 Å². The Kier molecular flexibility index (Phi) is 8.78. The van der Waals surface area contributed by atoms with Crippen molar-refractivity contribution in [3.63, 3.8) is 0 Å². The number of ether oxygens (including phenoxy) is 3. The summed E-state index contributed by atoms with van der Waals surface area (Å²) in [6.07, 6.45) is -2.18. The Bertz CT molecular complexity index is 1370. The van der Waals surface area contributed by atoms with Gasteiger partial charge in [0.1, 0.15) is 11.8 Å². The first-order chi connectivity index (χ1) is 18.3. The molecule has 0 radical (unpaired) electrons. The van der Waals surface area contributed by atoms with Crippen LogP contribution in [0.25, 0.3) is 11.3 Å². The van der Waals surface area contributed by atoms with Crippen molar-refractivity contribution >= 4 is 23.7 Å². The second-order valence-corrected chi connectivity index (χ2v) is 9.05. The molecule has 4 rings (SSSR count). The number of benzene rings is 3. The van der Waals surface area contributed by atoms with Gasteiger partial charge in [-0.15, -0.1) is 0 Å². The molecular weight excluding hydrogens is 510 g/mol. The molecule has 2 atom stereocenters. The van der Waals surface area contributed by atoms with Crippen molar-refractivity contribution in [3.05, 3.63) is 106 Å². The number of aromatic nitrogens is 1. The van der Waals surface area contributed by atoms with Crippen LogP contribution in [0, 0.1) is 6.92 Å². The molecule has 1 aromatic heterocycles. The third kappa shape index (κ3) is 7.00. The summed E-state index contributed by atoms with van der Waals surface area (Å²) >= 11 is 5.90. The highest BCUT2D eigenvalue weighted by molar-refractivity contribution is 6.30. The molecule has 0 amide bonds. The number of carbonyl (C=O) groups excluding carboxylic acids is 1. The zero-order valence-electron chi connectivity index (χ0n) is 20.8. The van der Waals surface area contributed by atoms with E-state index < -0.39 is 24.3 Å². The molecule has 1 unspecified atom stereocenters. The van der Waals surface area contributed by atoms with Crippen molar-refractivity contribution in [1.29, 1.82) is 0 Å². The van der Waals surface area contributed by atoms with Crippen LogP contribution >= 0.6 is 11.6 Å². The molecule has 38 heavy (non-hydrogen) atoms. The predicted molar refractivity (Wildman–Crippen MR) is 140 cm³/mol. The number of nitrogens with zero attached hydrogens (tertiary/aromatic N) is 1. The molecule has 9 heteroatoms. The molecule has 196 valence electrons. The van der Waals surface area contributed by atoms with E-state index in [9.17, 15) is 14.7 Å². The molecule has 0 saturated carbocycles. The number of hydrogen-bond acceptors (Lipinski definition) is 7. The average molecular weight is 536 g/mol. The zero-order valence-corrected chi connectivity index (χ0v) is 21.6. The highest BCUT2D eigenvalue weighted by atomic mass is 35.5. The number of aliphatic carboxylic acids is 1. The van der Waals surface area contributed by atoms with Crippen LogP contribution in [0.15, 0.2) is 83.4 Å². The predicted octanol–water partition coefficient (Wildman–Crippen LogP) is 6.79. The Morgan fingerprint density at radius 2 is 1.63 bits per heavy atom. The van der Waals surface area contributed by atoms with Crippen molar-refractivity contribution in [2.75, 3.05) is 0 Å². The molecular formula is C29H26ClNO7. The van der Waals surface area contributed by atoms with Crippen molar-refractivity contribution in [2.45, 2.75) is 39.1 Å². The lowest BCUT2D eigenvalue weighted by atomic mass is 10.1. The van der Waals surface area contributed by atoms with Gasteiger partial charge in [-0.25, -0.2) is 9.59 Å². The minimum absolute atomic E-state index is 0.0906. The van der Waals surface area contributed by atoms with E-state index in [-0.39, 0.29) is 24.5 Å². The number of carbonyl (C=O) groups is 2. The van der Waals surface area contributed by atoms with Gasteiger partial charge in [0, 0.05) is 17.0 Å². The molecule has 0 fully saturated rings. The SMILES string of the molecule is Cc1noc(-c2ccc(COC(Cc3ccc(Cl)cc3)C(=O)O)cc2)c1OC(=O)O[C@H](C)c1ccccc1. The van der Waals surface area contributed by atoms with Gasteiger partial charge in [-0.05, 0) is 42.7 Å². The Morgan fingerprint density at radius 3 is 2.29 bits per heavy atom. The summed E-state index contributed by atoms with van der Waals surface area (Å²) in [7, 11) is 0. The molecule has 8 nitrogen and oxygen atoms in total. The minimum atomic E-state index is -1.05. The minimum Gasteiger partial charge on any atom is -0.479 e. The lowest BCUT2D eigenvalue weighted by molar-refractivity contribution is -0.151. The Labute approximate surface area is 224 Å². The van der Waals surface area contributed by atoms with Gasteiger partial charge in [-0.1, -0.05) is 83.5 Å². The summed E-state index contributed by atoms with van der Waals surface area (Å²) in [5.74, 6) is -0.623. The molecule has 0 aliphatic rings. The Hall–Kier alpha value is -4.14. The van der Waals surface area contributed by atoms with Gasteiger partial charge < -0.3 is 23.8 Å². The Balaban J connectivity index is 1.38. The second-order valence-electron chi connectivity index (χ2n) is 8.61. The molecule has 0 saturated heterocycles. The maximum absolute atomic E-state index is 12.5. The van der Waals surface area contributed by atoms with Crippen LogP contribution in [0.5, 0.6) is 5.75 Å². The van der Waals surface area contributed by atoms with Crippen molar-refractivity contribution in [3.8, 4) is 17.1 Å². The highest BCUT2D eigenvalue weighted by Gasteiger charge is 2.23. The van der Waals surface area contributed by atoms with Crippen LogP contribution in [0.3, 0.4) is 0 Å². The van der Waals surface area contributed by atoms with Crippen molar-refractivity contribution in [2.24, 2.45) is 0 Å². The molecule has 0 aliphatic carbocycles. The maximum atomic E-state index is 12.5. The van der Waals surface area contributed by atoms with Gasteiger partial charge in [0.25, 0.3) is 0 Å². The molecule has 0 aliphatic heterocycles. The van der Waals surface area contributed by atoms with Gasteiger partial charge in [-0.2, -0.15) is 0 Å². The van der Waals surface area contributed by atoms with Gasteiger partial charge in [0.2, 0.25) is 11.5 Å². The third-order valence-corrected chi connectivity index (χ3v) is 6.07. The monoisotopic (exact) mass is 535 g/mol. The average Bonchev–Trinajstić information content (AvgIpc) is 3.27. The summed E-state index contributed by atoms with van der Waals surface area (Å²) in [5.41, 5.74) is 3.41. The quantitative estimate of drug-likeness (QED) is 0.221. The first-order valence-electron chi connectivity index (χ1n) is 11.9. The standard InChI is InChI=1S/C29H26ClNO7/c1-18-26(37-29(34)36-19(2)22-6-4-3-5-7-22)27(38-31-18)23-12-8-21(9-13-23)17-35-25(28(32)33)16-20-10-14-24(30)15-11-20/h3-15,19,25H,16-17H2,1-2H3,(H,32,33)/t19-,25?/m1/s1. The smallest absolute Gasteiger partial charge is 0.479 e. The van der Waals surface area contributed by atoms with Crippen molar-refractivity contribution < 1.29 is 33.4 Å². The summed E-state index contributed by atoms with van der Waals surface area (Å²) in [5, 5.41) is 14.1. The van der Waals surface area contributed by atoms with E-state index in [2.05, 4.69) is 5.16 Å². The number of halogens is 1. The number of rotatable bonds is 10. The van der Waals surface area contributed by atoms with E-state index >= 15 is 0 Å². The summed E-state index contributed by atoms with van der Waals surface area (Å²) in [4.78, 5) is 24.1. The zero-order chi connectivity index (χ0) is 27.1. The molecule has 0 bridgehead atoms. The number of carboxylic acids is 1. The fourth-order valence-electron chi connectivity index (χ4n) is 3.71. The van der Waals surface area contributed by atoms with E-state index in [1.54, 1.807) is 62.4 Å². The fraction of sp³-hybridized carbons (Fsp3) is 0.207. The van der Waals surface area contributed by atoms with E-state index in [0.29, 0.717) is 16.3 Å². The topological polar surface area (TPSA) is 108 Å². The number of aryl methyl sites for hydroxylation is 1. The van der Waals surface area contributed by atoms with Crippen LogP contribution in [0.1, 0.15) is 35.4 Å².